The highest BCUT2D eigenvalue weighted by atomic mass is 16.3. The monoisotopic (exact) mass is 429 g/mol. The molecule has 5 rings (SSSR count). The fraction of sp³-hybridized carbons (Fsp3) is 0.552. The standard InChI is InChI=1S/C29H35NO2/c1-5-6-20-10-14-25-22-13-9-19-15-26(31)27(32)16-23(19)28(22)24(17-29(20,25)2)18-7-11-21(12-8-18)30(3)4/h7-8,11-12,15,20,22,24-25,27,32H,9-10,13-14,16-17H2,1-4H3/t20-,22+,24-,25+,27?,29-/m1/s1. The summed E-state index contributed by atoms with van der Waals surface area (Å²) >= 11 is 0. The number of benzene rings is 1. The number of carbonyl (C=O) groups excluding carboxylic acids is 1. The van der Waals surface area contributed by atoms with Crippen LogP contribution < -0.4 is 4.90 Å². The van der Waals surface area contributed by atoms with Gasteiger partial charge in [0.05, 0.1) is 0 Å². The number of fused-ring (bicyclic) bond motifs is 4. The smallest absolute Gasteiger partial charge is 0.184 e. The minimum Gasteiger partial charge on any atom is -0.385 e. The van der Waals surface area contributed by atoms with Crippen molar-refractivity contribution in [1.82, 2.24) is 0 Å². The second-order valence-electron chi connectivity index (χ2n) is 10.8. The van der Waals surface area contributed by atoms with Crippen LogP contribution in [0.25, 0.3) is 0 Å². The average molecular weight is 430 g/mol. The number of nitrogens with zero attached hydrogens (tertiary/aromatic N) is 1. The van der Waals surface area contributed by atoms with E-state index < -0.39 is 6.10 Å². The number of allylic oxidation sites excluding steroid dienone is 2. The van der Waals surface area contributed by atoms with E-state index in [0.717, 1.165) is 19.3 Å². The highest BCUT2D eigenvalue weighted by Gasteiger charge is 2.56. The zero-order valence-electron chi connectivity index (χ0n) is 19.8. The Morgan fingerprint density at radius 2 is 1.88 bits per heavy atom. The maximum atomic E-state index is 12.2. The van der Waals surface area contributed by atoms with Crippen molar-refractivity contribution < 1.29 is 9.90 Å². The van der Waals surface area contributed by atoms with E-state index >= 15 is 0 Å². The largest absolute Gasteiger partial charge is 0.385 e. The van der Waals surface area contributed by atoms with Gasteiger partial charge in [-0.05, 0) is 91.2 Å². The van der Waals surface area contributed by atoms with Gasteiger partial charge in [-0.15, -0.1) is 5.92 Å². The third kappa shape index (κ3) is 3.27. The van der Waals surface area contributed by atoms with E-state index in [-0.39, 0.29) is 11.2 Å². The average Bonchev–Trinajstić information content (AvgIpc) is 3.10. The fourth-order valence-corrected chi connectivity index (χ4v) is 7.37. The minimum absolute atomic E-state index is 0.116. The summed E-state index contributed by atoms with van der Waals surface area (Å²) in [5.41, 5.74) is 6.80. The first-order chi connectivity index (χ1) is 15.3. The summed E-state index contributed by atoms with van der Waals surface area (Å²) in [5.74, 6) is 8.65. The molecule has 1 N–H and O–H groups in total. The summed E-state index contributed by atoms with van der Waals surface area (Å²) in [6.45, 7) is 4.47. The summed E-state index contributed by atoms with van der Waals surface area (Å²) in [4.78, 5) is 14.4. The predicted molar refractivity (Wildman–Crippen MR) is 129 cm³/mol. The molecule has 168 valence electrons. The first kappa shape index (κ1) is 21.5. The molecule has 4 aliphatic rings. The first-order valence-corrected chi connectivity index (χ1v) is 12.2. The molecule has 3 nitrogen and oxygen atoms in total. The molecule has 1 aromatic rings. The zero-order chi connectivity index (χ0) is 22.6. The number of aliphatic hydroxyl groups excluding tert-OH is 1. The van der Waals surface area contributed by atoms with Crippen LogP contribution >= 0.6 is 0 Å². The predicted octanol–water partition coefficient (Wildman–Crippen LogP) is 5.26. The molecule has 0 amide bonds. The molecule has 32 heavy (non-hydrogen) atoms. The minimum atomic E-state index is -0.882. The molecule has 2 fully saturated rings. The van der Waals surface area contributed by atoms with Gasteiger partial charge in [-0.25, -0.2) is 0 Å². The molecule has 2 saturated carbocycles. The van der Waals surface area contributed by atoms with Crippen molar-refractivity contribution in [3.05, 3.63) is 52.6 Å². The van der Waals surface area contributed by atoms with E-state index in [0.29, 0.717) is 30.1 Å². The van der Waals surface area contributed by atoms with Crippen molar-refractivity contribution in [3.8, 4) is 11.8 Å². The van der Waals surface area contributed by atoms with Crippen molar-refractivity contribution >= 4 is 11.5 Å². The second-order valence-corrected chi connectivity index (χ2v) is 10.8. The van der Waals surface area contributed by atoms with E-state index in [4.69, 9.17) is 0 Å². The summed E-state index contributed by atoms with van der Waals surface area (Å²) in [7, 11) is 4.15. The van der Waals surface area contributed by atoms with Gasteiger partial charge in [-0.2, -0.15) is 0 Å². The van der Waals surface area contributed by atoms with Crippen molar-refractivity contribution in [2.45, 2.75) is 64.4 Å². The van der Waals surface area contributed by atoms with E-state index in [1.165, 1.54) is 40.8 Å². The molecule has 1 aromatic carbocycles. The van der Waals surface area contributed by atoms with Crippen molar-refractivity contribution in [1.29, 1.82) is 0 Å². The second kappa shape index (κ2) is 7.92. The summed E-state index contributed by atoms with van der Waals surface area (Å²) < 4.78 is 0. The van der Waals surface area contributed by atoms with Gasteiger partial charge in [0, 0.05) is 38.0 Å². The Labute approximate surface area is 192 Å². The molecule has 0 heterocycles. The molecule has 0 saturated heterocycles. The van der Waals surface area contributed by atoms with Crippen LogP contribution in [0.5, 0.6) is 0 Å². The molecule has 0 spiro atoms. The third-order valence-corrected chi connectivity index (χ3v) is 8.95. The molecule has 3 heteroatoms. The van der Waals surface area contributed by atoms with Crippen molar-refractivity contribution in [3.63, 3.8) is 0 Å². The number of rotatable bonds is 2. The molecule has 0 aliphatic heterocycles. The zero-order valence-corrected chi connectivity index (χ0v) is 19.8. The molecule has 0 bridgehead atoms. The Bertz CT molecular complexity index is 1050. The van der Waals surface area contributed by atoms with E-state index in [1.807, 2.05) is 6.92 Å². The highest BCUT2D eigenvalue weighted by molar-refractivity contribution is 5.96. The quantitative estimate of drug-likeness (QED) is 0.652. The van der Waals surface area contributed by atoms with Crippen LogP contribution in [0.4, 0.5) is 5.69 Å². The number of hydrogen-bond donors (Lipinski definition) is 1. The fourth-order valence-electron chi connectivity index (χ4n) is 7.37. The number of carbonyl (C=O) groups is 1. The molecule has 6 atom stereocenters. The van der Waals surface area contributed by atoms with Gasteiger partial charge in [0.15, 0.2) is 5.78 Å². The van der Waals surface area contributed by atoms with E-state index in [2.05, 4.69) is 62.0 Å². The van der Waals surface area contributed by atoms with E-state index in [1.54, 1.807) is 6.08 Å². The first-order valence-electron chi connectivity index (χ1n) is 12.2. The lowest BCUT2D eigenvalue weighted by atomic mass is 9.52. The van der Waals surface area contributed by atoms with Gasteiger partial charge < -0.3 is 10.0 Å². The van der Waals surface area contributed by atoms with Gasteiger partial charge in [0.2, 0.25) is 0 Å². The van der Waals surface area contributed by atoms with Gasteiger partial charge in [-0.3, -0.25) is 4.79 Å². The number of ketones is 1. The Morgan fingerprint density at radius 1 is 1.12 bits per heavy atom. The lowest BCUT2D eigenvalue weighted by Crippen LogP contribution is -2.43. The topological polar surface area (TPSA) is 40.5 Å². The summed E-state index contributed by atoms with van der Waals surface area (Å²) in [6, 6.07) is 9.04. The van der Waals surface area contributed by atoms with Crippen molar-refractivity contribution in [2.75, 3.05) is 19.0 Å². The maximum absolute atomic E-state index is 12.2. The molecule has 4 aliphatic carbocycles. The molecular weight excluding hydrogens is 394 g/mol. The van der Waals surface area contributed by atoms with Crippen LogP contribution in [0.3, 0.4) is 0 Å². The molecular formula is C29H35NO2. The molecule has 0 aromatic heterocycles. The van der Waals surface area contributed by atoms with Crippen LogP contribution in [-0.4, -0.2) is 31.1 Å². The Kier molecular flexibility index (Phi) is 5.33. The number of hydrogen-bond acceptors (Lipinski definition) is 3. The summed E-state index contributed by atoms with van der Waals surface area (Å²) in [5, 5.41) is 10.5. The van der Waals surface area contributed by atoms with Crippen LogP contribution in [0.2, 0.25) is 0 Å². The van der Waals surface area contributed by atoms with Gasteiger partial charge in [0.25, 0.3) is 0 Å². The molecule has 1 unspecified atom stereocenters. The van der Waals surface area contributed by atoms with Gasteiger partial charge in [-0.1, -0.05) is 30.6 Å². The normalized spacial score (nSPS) is 35.8. The highest BCUT2D eigenvalue weighted by Crippen LogP contribution is 2.65. The lowest BCUT2D eigenvalue weighted by molar-refractivity contribution is -0.122. The summed E-state index contributed by atoms with van der Waals surface area (Å²) in [6.07, 6.45) is 6.97. The number of anilines is 1. The Balaban J connectivity index is 1.66. The van der Waals surface area contributed by atoms with Crippen LogP contribution in [-0.2, 0) is 4.79 Å². The van der Waals surface area contributed by atoms with Crippen LogP contribution in [0.1, 0.15) is 63.9 Å². The number of aliphatic hydroxyl groups is 1. The molecule has 0 radical (unpaired) electrons. The lowest BCUT2D eigenvalue weighted by Gasteiger charge is -2.52. The van der Waals surface area contributed by atoms with Crippen LogP contribution in [0, 0.1) is 35.0 Å². The van der Waals surface area contributed by atoms with Crippen molar-refractivity contribution in [2.24, 2.45) is 23.2 Å². The maximum Gasteiger partial charge on any atom is 0.184 e. The third-order valence-electron chi connectivity index (χ3n) is 8.95. The van der Waals surface area contributed by atoms with E-state index in [9.17, 15) is 9.90 Å². The SMILES string of the molecule is CC#C[C@@H]1CC[C@H]2[C@@H]3CCC4=CC(=O)C(O)CC4=C3[C@@H](c3ccc(N(C)C)cc3)C[C@]12C. The van der Waals surface area contributed by atoms with Crippen LogP contribution in [0.15, 0.2) is 47.1 Å². The Hall–Kier alpha value is -2.31. The van der Waals surface area contributed by atoms with Gasteiger partial charge >= 0.3 is 0 Å². The van der Waals surface area contributed by atoms with Gasteiger partial charge in [0.1, 0.15) is 6.10 Å². The Morgan fingerprint density at radius 3 is 2.56 bits per heavy atom.